The fourth-order valence-corrected chi connectivity index (χ4v) is 2.34. The van der Waals surface area contributed by atoms with Crippen molar-refractivity contribution in [3.05, 3.63) is 35.7 Å². The summed E-state index contributed by atoms with van der Waals surface area (Å²) in [5.41, 5.74) is 1.49. The fourth-order valence-electron chi connectivity index (χ4n) is 2.34. The highest BCUT2D eigenvalue weighted by Crippen LogP contribution is 2.18. The predicted molar refractivity (Wildman–Crippen MR) is 73.1 cm³/mol. The van der Waals surface area contributed by atoms with Gasteiger partial charge in [0.05, 0.1) is 6.10 Å². The molecule has 1 aliphatic heterocycles. The van der Waals surface area contributed by atoms with Gasteiger partial charge in [0.1, 0.15) is 5.82 Å². The summed E-state index contributed by atoms with van der Waals surface area (Å²) in [5, 5.41) is 16.4. The van der Waals surface area contributed by atoms with E-state index in [-0.39, 0.29) is 5.91 Å². The van der Waals surface area contributed by atoms with Gasteiger partial charge in [0.15, 0.2) is 5.82 Å². The van der Waals surface area contributed by atoms with Crippen LogP contribution in [0.1, 0.15) is 22.6 Å². The number of nitrogens with one attached hydrogen (secondary N) is 1. The lowest BCUT2D eigenvalue weighted by Gasteiger charge is -2.15. The third kappa shape index (κ3) is 2.42. The Morgan fingerprint density at radius 1 is 1.40 bits per heavy atom. The molecule has 3 rings (SSSR count). The molecule has 0 radical (unpaired) electrons. The number of aromatic amines is 1. The number of amides is 1. The van der Waals surface area contributed by atoms with Crippen molar-refractivity contribution in [1.82, 2.24) is 20.1 Å². The first-order valence-electron chi connectivity index (χ1n) is 6.60. The quantitative estimate of drug-likeness (QED) is 0.854. The topological polar surface area (TPSA) is 82.1 Å². The molecule has 1 aromatic heterocycles. The monoisotopic (exact) mass is 272 g/mol. The molecule has 1 saturated heterocycles. The van der Waals surface area contributed by atoms with Crippen LogP contribution in [0.4, 0.5) is 0 Å². The molecule has 2 N–H and O–H groups in total. The van der Waals surface area contributed by atoms with Crippen LogP contribution in [0, 0.1) is 6.92 Å². The van der Waals surface area contributed by atoms with Gasteiger partial charge in [-0.25, -0.2) is 4.98 Å². The van der Waals surface area contributed by atoms with E-state index in [0.29, 0.717) is 30.9 Å². The maximum absolute atomic E-state index is 12.2. The summed E-state index contributed by atoms with van der Waals surface area (Å²) < 4.78 is 0. The summed E-state index contributed by atoms with van der Waals surface area (Å²) in [6.45, 7) is 2.87. The molecule has 1 aromatic carbocycles. The van der Waals surface area contributed by atoms with Gasteiger partial charge in [0.25, 0.3) is 5.91 Å². The zero-order chi connectivity index (χ0) is 14.1. The van der Waals surface area contributed by atoms with Gasteiger partial charge in [-0.3, -0.25) is 9.89 Å². The van der Waals surface area contributed by atoms with Crippen molar-refractivity contribution in [2.24, 2.45) is 0 Å². The van der Waals surface area contributed by atoms with Crippen molar-refractivity contribution in [1.29, 1.82) is 0 Å². The second-order valence-corrected chi connectivity index (χ2v) is 5.02. The zero-order valence-electron chi connectivity index (χ0n) is 11.2. The Morgan fingerprint density at radius 2 is 2.15 bits per heavy atom. The highest BCUT2D eigenvalue weighted by atomic mass is 16.3. The Morgan fingerprint density at radius 3 is 2.70 bits per heavy atom. The maximum Gasteiger partial charge on any atom is 0.253 e. The summed E-state index contributed by atoms with van der Waals surface area (Å²) in [4.78, 5) is 18.1. The van der Waals surface area contributed by atoms with Crippen LogP contribution in [0.2, 0.25) is 0 Å². The van der Waals surface area contributed by atoms with Gasteiger partial charge in [-0.15, -0.1) is 0 Å². The molecule has 104 valence electrons. The van der Waals surface area contributed by atoms with Gasteiger partial charge >= 0.3 is 0 Å². The van der Waals surface area contributed by atoms with E-state index in [9.17, 15) is 9.90 Å². The van der Waals surface area contributed by atoms with E-state index in [4.69, 9.17) is 0 Å². The van der Waals surface area contributed by atoms with Crippen LogP contribution in [-0.2, 0) is 0 Å². The summed E-state index contributed by atoms with van der Waals surface area (Å²) in [6.07, 6.45) is 0.259. The van der Waals surface area contributed by atoms with Crippen molar-refractivity contribution in [2.75, 3.05) is 13.1 Å². The second kappa shape index (κ2) is 5.05. The van der Waals surface area contributed by atoms with Crippen molar-refractivity contribution >= 4 is 5.91 Å². The molecule has 6 nitrogen and oxygen atoms in total. The molecule has 0 unspecified atom stereocenters. The number of benzene rings is 1. The number of likely N-dealkylation sites (tertiary alicyclic amines) is 1. The lowest BCUT2D eigenvalue weighted by molar-refractivity contribution is 0.0765. The number of hydrogen-bond acceptors (Lipinski definition) is 4. The largest absolute Gasteiger partial charge is 0.391 e. The SMILES string of the molecule is Cc1nc(-c2ccc(C(=O)N3CC[C@H](O)C3)cc2)n[nH]1. The minimum absolute atomic E-state index is 0.0423. The molecule has 6 heteroatoms. The smallest absolute Gasteiger partial charge is 0.253 e. The van der Waals surface area contributed by atoms with E-state index in [0.717, 1.165) is 11.4 Å². The van der Waals surface area contributed by atoms with Crippen molar-refractivity contribution in [2.45, 2.75) is 19.4 Å². The number of aliphatic hydroxyl groups excluding tert-OH is 1. The molecule has 2 heterocycles. The fraction of sp³-hybridized carbons (Fsp3) is 0.357. The number of nitrogens with zero attached hydrogens (tertiary/aromatic N) is 3. The van der Waals surface area contributed by atoms with Crippen molar-refractivity contribution in [3.63, 3.8) is 0 Å². The minimum Gasteiger partial charge on any atom is -0.391 e. The number of H-pyrrole nitrogens is 1. The molecular formula is C14H16N4O2. The lowest BCUT2D eigenvalue weighted by Crippen LogP contribution is -2.29. The second-order valence-electron chi connectivity index (χ2n) is 5.02. The Labute approximate surface area is 116 Å². The number of hydrogen-bond donors (Lipinski definition) is 2. The molecule has 1 fully saturated rings. The number of carbonyl (C=O) groups excluding carboxylic acids is 1. The Kier molecular flexibility index (Phi) is 3.23. The van der Waals surface area contributed by atoms with E-state index in [2.05, 4.69) is 15.2 Å². The molecule has 0 spiro atoms. The van der Waals surface area contributed by atoms with Crippen molar-refractivity contribution < 1.29 is 9.90 Å². The molecule has 2 aromatic rings. The molecule has 1 aliphatic rings. The van der Waals surface area contributed by atoms with Crippen molar-refractivity contribution in [3.8, 4) is 11.4 Å². The van der Waals surface area contributed by atoms with Crippen LogP contribution >= 0.6 is 0 Å². The highest BCUT2D eigenvalue weighted by Gasteiger charge is 2.25. The average Bonchev–Trinajstić information content (AvgIpc) is 3.07. The molecule has 0 aliphatic carbocycles. The molecule has 1 atom stereocenters. The molecule has 1 amide bonds. The van der Waals surface area contributed by atoms with Crippen LogP contribution < -0.4 is 0 Å². The zero-order valence-corrected chi connectivity index (χ0v) is 11.2. The first kappa shape index (κ1) is 12.8. The average molecular weight is 272 g/mol. The first-order valence-corrected chi connectivity index (χ1v) is 6.60. The number of carbonyl (C=O) groups is 1. The van der Waals surface area contributed by atoms with Crippen LogP contribution in [0.25, 0.3) is 11.4 Å². The standard InChI is InChI=1S/C14H16N4O2/c1-9-15-13(17-16-9)10-2-4-11(5-3-10)14(20)18-7-6-12(19)8-18/h2-5,12,19H,6-8H2,1H3,(H,15,16,17)/t12-/m0/s1. The van der Waals surface area contributed by atoms with Crippen LogP contribution in [-0.4, -0.2) is 50.3 Å². The van der Waals surface area contributed by atoms with Crippen LogP contribution in [0.15, 0.2) is 24.3 Å². The number of aliphatic hydroxyl groups is 1. The van der Waals surface area contributed by atoms with E-state index in [1.54, 1.807) is 17.0 Å². The number of rotatable bonds is 2. The first-order chi connectivity index (χ1) is 9.63. The third-order valence-electron chi connectivity index (χ3n) is 3.44. The Bertz CT molecular complexity index is 620. The van der Waals surface area contributed by atoms with Gasteiger partial charge in [-0.2, -0.15) is 5.10 Å². The van der Waals surface area contributed by atoms with E-state index in [1.807, 2.05) is 19.1 Å². The van der Waals surface area contributed by atoms with Gasteiger partial charge in [0.2, 0.25) is 0 Å². The Hall–Kier alpha value is -2.21. The lowest BCUT2D eigenvalue weighted by atomic mass is 10.1. The predicted octanol–water partition coefficient (Wildman–Crippen LogP) is 0.987. The minimum atomic E-state index is -0.394. The summed E-state index contributed by atoms with van der Waals surface area (Å²) in [5.74, 6) is 1.34. The van der Waals surface area contributed by atoms with E-state index in [1.165, 1.54) is 0 Å². The highest BCUT2D eigenvalue weighted by molar-refractivity contribution is 5.94. The summed E-state index contributed by atoms with van der Waals surface area (Å²) >= 11 is 0. The van der Waals surface area contributed by atoms with Gasteiger partial charge in [0, 0.05) is 24.2 Å². The number of β-amino-alcohol motifs (C(OH)–C–C–N with tert-alkyl or cyclic N) is 1. The van der Waals surface area contributed by atoms with E-state index < -0.39 is 6.10 Å². The van der Waals surface area contributed by atoms with E-state index >= 15 is 0 Å². The van der Waals surface area contributed by atoms with Crippen LogP contribution in [0.3, 0.4) is 0 Å². The molecule has 0 bridgehead atoms. The van der Waals surface area contributed by atoms with Gasteiger partial charge in [-0.1, -0.05) is 12.1 Å². The third-order valence-corrected chi connectivity index (χ3v) is 3.44. The number of aryl methyl sites for hydroxylation is 1. The maximum atomic E-state index is 12.2. The normalized spacial score (nSPS) is 18.5. The van der Waals surface area contributed by atoms with Crippen LogP contribution in [0.5, 0.6) is 0 Å². The van der Waals surface area contributed by atoms with Gasteiger partial charge in [-0.05, 0) is 25.5 Å². The Balaban J connectivity index is 1.77. The molecule has 0 saturated carbocycles. The summed E-state index contributed by atoms with van der Waals surface area (Å²) in [6, 6.07) is 7.22. The molecule has 20 heavy (non-hydrogen) atoms. The molecular weight excluding hydrogens is 256 g/mol. The number of aromatic nitrogens is 3. The van der Waals surface area contributed by atoms with Gasteiger partial charge < -0.3 is 10.0 Å². The summed E-state index contributed by atoms with van der Waals surface area (Å²) in [7, 11) is 0.